The van der Waals surface area contributed by atoms with E-state index in [1.807, 2.05) is 36.4 Å². The fraction of sp³-hybridized carbons (Fsp3) is 0.200. The van der Waals surface area contributed by atoms with Gasteiger partial charge in [-0.25, -0.2) is 0 Å². The van der Waals surface area contributed by atoms with E-state index in [4.69, 9.17) is 0 Å². The molecule has 3 rings (SSSR count). The van der Waals surface area contributed by atoms with Gasteiger partial charge in [-0.05, 0) is 49.2 Å². The van der Waals surface area contributed by atoms with Crippen LogP contribution in [0.25, 0.3) is 10.9 Å². The number of aromatic nitrogens is 1. The molecule has 3 aromatic rings. The summed E-state index contributed by atoms with van der Waals surface area (Å²) in [7, 11) is 0. The van der Waals surface area contributed by atoms with E-state index < -0.39 is 0 Å². The first kappa shape index (κ1) is 16.0. The van der Waals surface area contributed by atoms with E-state index in [0.29, 0.717) is 13.0 Å². The predicted molar refractivity (Wildman–Crippen MR) is 99.4 cm³/mol. The highest BCUT2D eigenvalue weighted by Crippen LogP contribution is 2.20. The van der Waals surface area contributed by atoms with Crippen LogP contribution in [0.3, 0.4) is 0 Å². The first-order valence-corrected chi connectivity index (χ1v) is 8.08. The number of fused-ring (bicyclic) bond motifs is 1. The Bertz CT molecular complexity index is 868. The standard InChI is InChI=1S/C20H21N3O/c1-14-8-9-17(13-15(14)2)21-12-10-19(24)23-18-7-3-5-16-6-4-11-22-20(16)18/h3-9,11,13,21H,10,12H2,1-2H3,(H,23,24). The van der Waals surface area contributed by atoms with Crippen LogP contribution in [0.15, 0.2) is 54.7 Å². The summed E-state index contributed by atoms with van der Waals surface area (Å²) in [6.45, 7) is 4.76. The minimum atomic E-state index is -0.0236. The Kier molecular flexibility index (Phi) is 4.75. The molecule has 0 aliphatic rings. The van der Waals surface area contributed by atoms with Crippen molar-refractivity contribution >= 4 is 28.2 Å². The second-order valence-electron chi connectivity index (χ2n) is 5.90. The van der Waals surface area contributed by atoms with Gasteiger partial charge in [-0.15, -0.1) is 0 Å². The molecule has 0 bridgehead atoms. The SMILES string of the molecule is Cc1ccc(NCCC(=O)Nc2cccc3cccnc23)cc1C. The van der Waals surface area contributed by atoms with Crippen molar-refractivity contribution in [3.05, 3.63) is 65.9 Å². The molecule has 1 heterocycles. The third-order valence-electron chi connectivity index (χ3n) is 4.09. The Balaban J connectivity index is 1.58. The molecule has 4 nitrogen and oxygen atoms in total. The molecule has 1 amide bonds. The molecule has 0 aliphatic carbocycles. The van der Waals surface area contributed by atoms with Crippen LogP contribution in [0.4, 0.5) is 11.4 Å². The molecular weight excluding hydrogens is 298 g/mol. The smallest absolute Gasteiger partial charge is 0.226 e. The number of pyridine rings is 1. The second kappa shape index (κ2) is 7.13. The summed E-state index contributed by atoms with van der Waals surface area (Å²) in [5.41, 5.74) is 5.12. The summed E-state index contributed by atoms with van der Waals surface area (Å²) in [6.07, 6.45) is 2.13. The van der Waals surface area contributed by atoms with Gasteiger partial charge in [0.15, 0.2) is 0 Å². The molecule has 2 N–H and O–H groups in total. The van der Waals surface area contributed by atoms with Gasteiger partial charge in [0.2, 0.25) is 5.91 Å². The summed E-state index contributed by atoms with van der Waals surface area (Å²) in [5.74, 6) is -0.0236. The number of nitrogens with zero attached hydrogens (tertiary/aromatic N) is 1. The van der Waals surface area contributed by atoms with Gasteiger partial charge in [-0.1, -0.05) is 24.3 Å². The van der Waals surface area contributed by atoms with Gasteiger partial charge in [-0.2, -0.15) is 0 Å². The van der Waals surface area contributed by atoms with Gasteiger partial charge < -0.3 is 10.6 Å². The first-order valence-electron chi connectivity index (χ1n) is 8.08. The molecule has 0 radical (unpaired) electrons. The van der Waals surface area contributed by atoms with Gasteiger partial charge in [-0.3, -0.25) is 9.78 Å². The van der Waals surface area contributed by atoms with Crippen LogP contribution < -0.4 is 10.6 Å². The Hall–Kier alpha value is -2.88. The van der Waals surface area contributed by atoms with Crippen LogP contribution in [0.2, 0.25) is 0 Å². The van der Waals surface area contributed by atoms with Crippen molar-refractivity contribution in [2.45, 2.75) is 20.3 Å². The van der Waals surface area contributed by atoms with E-state index in [2.05, 4.69) is 41.6 Å². The highest BCUT2D eigenvalue weighted by atomic mass is 16.1. The van der Waals surface area contributed by atoms with Crippen molar-refractivity contribution in [3.63, 3.8) is 0 Å². The number of hydrogen-bond acceptors (Lipinski definition) is 3. The Morgan fingerprint density at radius 2 is 1.88 bits per heavy atom. The van der Waals surface area contributed by atoms with Crippen LogP contribution in [-0.4, -0.2) is 17.4 Å². The zero-order valence-electron chi connectivity index (χ0n) is 14.0. The zero-order chi connectivity index (χ0) is 16.9. The number of nitrogens with one attached hydrogen (secondary N) is 2. The molecule has 2 aromatic carbocycles. The molecule has 4 heteroatoms. The summed E-state index contributed by atoms with van der Waals surface area (Å²) in [6, 6.07) is 15.9. The molecule has 0 fully saturated rings. The molecule has 0 spiro atoms. The fourth-order valence-corrected chi connectivity index (χ4v) is 2.59. The van der Waals surface area contributed by atoms with Gasteiger partial charge in [0.1, 0.15) is 0 Å². The van der Waals surface area contributed by atoms with E-state index >= 15 is 0 Å². The summed E-state index contributed by atoms with van der Waals surface area (Å²) >= 11 is 0. The fourth-order valence-electron chi connectivity index (χ4n) is 2.59. The van der Waals surface area contributed by atoms with E-state index in [-0.39, 0.29) is 5.91 Å². The monoisotopic (exact) mass is 319 g/mol. The minimum Gasteiger partial charge on any atom is -0.385 e. The van der Waals surface area contributed by atoms with Crippen LogP contribution in [0.5, 0.6) is 0 Å². The van der Waals surface area contributed by atoms with Gasteiger partial charge in [0, 0.05) is 30.2 Å². The lowest BCUT2D eigenvalue weighted by molar-refractivity contribution is -0.115. The Morgan fingerprint density at radius 3 is 2.71 bits per heavy atom. The van der Waals surface area contributed by atoms with Crippen molar-refractivity contribution in [1.29, 1.82) is 0 Å². The number of carbonyl (C=O) groups excluding carboxylic acids is 1. The second-order valence-corrected chi connectivity index (χ2v) is 5.90. The Morgan fingerprint density at radius 1 is 1.04 bits per heavy atom. The third-order valence-corrected chi connectivity index (χ3v) is 4.09. The number of anilines is 2. The van der Waals surface area contributed by atoms with Crippen molar-refractivity contribution in [2.75, 3.05) is 17.2 Å². The quantitative estimate of drug-likeness (QED) is 0.737. The first-order chi connectivity index (χ1) is 11.6. The number of benzene rings is 2. The van der Waals surface area contributed by atoms with Crippen LogP contribution in [-0.2, 0) is 4.79 Å². The van der Waals surface area contributed by atoms with Crippen molar-refractivity contribution in [2.24, 2.45) is 0 Å². The topological polar surface area (TPSA) is 54.0 Å². The van der Waals surface area contributed by atoms with E-state index in [9.17, 15) is 4.79 Å². The maximum atomic E-state index is 12.2. The van der Waals surface area contributed by atoms with E-state index in [1.165, 1.54) is 11.1 Å². The summed E-state index contributed by atoms with van der Waals surface area (Å²) in [5, 5.41) is 7.26. The number of amides is 1. The highest BCUT2D eigenvalue weighted by molar-refractivity contribution is 6.00. The average Bonchev–Trinajstić information content (AvgIpc) is 2.58. The lowest BCUT2D eigenvalue weighted by Crippen LogP contribution is -2.16. The molecule has 24 heavy (non-hydrogen) atoms. The number of aryl methyl sites for hydroxylation is 2. The van der Waals surface area contributed by atoms with Gasteiger partial charge >= 0.3 is 0 Å². The zero-order valence-corrected chi connectivity index (χ0v) is 14.0. The molecule has 0 saturated heterocycles. The number of para-hydroxylation sites is 1. The minimum absolute atomic E-state index is 0.0236. The molecule has 0 atom stereocenters. The maximum absolute atomic E-state index is 12.2. The average molecular weight is 319 g/mol. The number of hydrogen-bond donors (Lipinski definition) is 2. The lowest BCUT2D eigenvalue weighted by atomic mass is 10.1. The van der Waals surface area contributed by atoms with Crippen LogP contribution in [0, 0.1) is 13.8 Å². The molecule has 0 saturated carbocycles. The van der Waals surface area contributed by atoms with E-state index in [0.717, 1.165) is 22.3 Å². The molecule has 1 aromatic heterocycles. The third kappa shape index (κ3) is 3.71. The highest BCUT2D eigenvalue weighted by Gasteiger charge is 2.06. The number of rotatable bonds is 5. The van der Waals surface area contributed by atoms with Crippen molar-refractivity contribution < 1.29 is 4.79 Å². The summed E-state index contributed by atoms with van der Waals surface area (Å²) in [4.78, 5) is 16.5. The van der Waals surface area contributed by atoms with Crippen LogP contribution >= 0.6 is 0 Å². The van der Waals surface area contributed by atoms with Gasteiger partial charge in [0.05, 0.1) is 11.2 Å². The van der Waals surface area contributed by atoms with Crippen molar-refractivity contribution in [1.82, 2.24) is 4.98 Å². The van der Waals surface area contributed by atoms with Gasteiger partial charge in [0.25, 0.3) is 0 Å². The normalized spacial score (nSPS) is 10.6. The molecule has 0 unspecified atom stereocenters. The predicted octanol–water partition coefficient (Wildman–Crippen LogP) is 4.29. The van der Waals surface area contributed by atoms with Crippen molar-refractivity contribution in [3.8, 4) is 0 Å². The van der Waals surface area contributed by atoms with Crippen LogP contribution in [0.1, 0.15) is 17.5 Å². The molecule has 0 aliphatic heterocycles. The maximum Gasteiger partial charge on any atom is 0.226 e. The molecule has 122 valence electrons. The van der Waals surface area contributed by atoms with E-state index in [1.54, 1.807) is 6.20 Å². The largest absolute Gasteiger partial charge is 0.385 e. The summed E-state index contributed by atoms with van der Waals surface area (Å²) < 4.78 is 0. The lowest BCUT2D eigenvalue weighted by Gasteiger charge is -2.10. The molecular formula is C20H21N3O. The Labute approximate surface area is 141 Å². The number of carbonyl (C=O) groups is 1.